The topological polar surface area (TPSA) is 72.2 Å². The quantitative estimate of drug-likeness (QED) is 0.821. The summed E-state index contributed by atoms with van der Waals surface area (Å²) in [5.74, 6) is 0.494. The summed E-state index contributed by atoms with van der Waals surface area (Å²) in [4.78, 5) is 0.328. The molecule has 0 radical (unpaired) electrons. The number of sulfonamides is 1. The fraction of sp³-hybridized carbons (Fsp3) is 0.538. The van der Waals surface area contributed by atoms with Gasteiger partial charge in [-0.15, -0.1) is 0 Å². The minimum Gasteiger partial charge on any atom is -0.399 e. The normalized spacial score (nSPS) is 17.2. The molecule has 0 heterocycles. The molecule has 0 amide bonds. The fourth-order valence-corrected chi connectivity index (χ4v) is 3.83. The molecule has 0 spiro atoms. The van der Waals surface area contributed by atoms with Gasteiger partial charge in [0.2, 0.25) is 10.0 Å². The average Bonchev–Trinajstić information content (AvgIpc) is 2.78. The highest BCUT2D eigenvalue weighted by Crippen LogP contribution is 2.24. The number of benzene rings is 1. The molecular formula is C13H20N2O2S. The standard InChI is InChI=1S/C13H20N2O2S/c1-10-8-12(14)6-7-13(10)18(16,17)15-9-11-4-2-3-5-11/h6-8,11,15H,2-5,9,14H2,1H3. The molecule has 2 rings (SSSR count). The van der Waals surface area contributed by atoms with Crippen LogP contribution in [0.5, 0.6) is 0 Å². The van der Waals surface area contributed by atoms with Crippen molar-refractivity contribution < 1.29 is 8.42 Å². The molecular weight excluding hydrogens is 248 g/mol. The van der Waals surface area contributed by atoms with Crippen LogP contribution < -0.4 is 10.5 Å². The third-order valence-electron chi connectivity index (χ3n) is 3.53. The van der Waals surface area contributed by atoms with Crippen molar-refractivity contribution in [3.05, 3.63) is 23.8 Å². The van der Waals surface area contributed by atoms with Crippen LogP contribution in [0.15, 0.2) is 23.1 Å². The zero-order chi connectivity index (χ0) is 13.2. The van der Waals surface area contributed by atoms with Gasteiger partial charge in [0.25, 0.3) is 0 Å². The lowest BCUT2D eigenvalue weighted by Gasteiger charge is -2.13. The van der Waals surface area contributed by atoms with Gasteiger partial charge in [-0.05, 0) is 49.4 Å². The van der Waals surface area contributed by atoms with Crippen LogP contribution in [0.25, 0.3) is 0 Å². The summed E-state index contributed by atoms with van der Waals surface area (Å²) in [6.45, 7) is 2.31. The Morgan fingerprint density at radius 1 is 1.33 bits per heavy atom. The summed E-state index contributed by atoms with van der Waals surface area (Å²) >= 11 is 0. The maximum absolute atomic E-state index is 12.2. The maximum atomic E-state index is 12.2. The van der Waals surface area contributed by atoms with E-state index in [1.165, 1.54) is 12.8 Å². The van der Waals surface area contributed by atoms with E-state index in [-0.39, 0.29) is 0 Å². The molecule has 3 N–H and O–H groups in total. The zero-order valence-electron chi connectivity index (χ0n) is 10.6. The molecule has 0 bridgehead atoms. The molecule has 1 aliphatic carbocycles. The van der Waals surface area contributed by atoms with Gasteiger partial charge < -0.3 is 5.73 Å². The van der Waals surface area contributed by atoms with Gasteiger partial charge in [-0.25, -0.2) is 13.1 Å². The molecule has 0 unspecified atom stereocenters. The van der Waals surface area contributed by atoms with Crippen LogP contribution in [0.3, 0.4) is 0 Å². The fourth-order valence-electron chi connectivity index (χ4n) is 2.49. The molecule has 18 heavy (non-hydrogen) atoms. The van der Waals surface area contributed by atoms with Crippen molar-refractivity contribution in [3.63, 3.8) is 0 Å². The SMILES string of the molecule is Cc1cc(N)ccc1S(=O)(=O)NCC1CCCC1. The molecule has 0 atom stereocenters. The van der Waals surface area contributed by atoms with Gasteiger partial charge in [0, 0.05) is 12.2 Å². The van der Waals surface area contributed by atoms with Gasteiger partial charge in [-0.3, -0.25) is 0 Å². The maximum Gasteiger partial charge on any atom is 0.240 e. The molecule has 0 saturated heterocycles. The number of nitrogens with one attached hydrogen (secondary N) is 1. The van der Waals surface area contributed by atoms with Crippen molar-refractivity contribution in [3.8, 4) is 0 Å². The second-order valence-corrected chi connectivity index (χ2v) is 6.76. The van der Waals surface area contributed by atoms with Crippen LogP contribution in [0.2, 0.25) is 0 Å². The minimum atomic E-state index is -3.40. The number of aryl methyl sites for hydroxylation is 1. The number of rotatable bonds is 4. The molecule has 1 aliphatic rings. The molecule has 4 nitrogen and oxygen atoms in total. The van der Waals surface area contributed by atoms with Gasteiger partial charge in [0.1, 0.15) is 0 Å². The summed E-state index contributed by atoms with van der Waals surface area (Å²) in [5, 5.41) is 0. The monoisotopic (exact) mass is 268 g/mol. The summed E-state index contributed by atoms with van der Waals surface area (Å²) in [7, 11) is -3.40. The van der Waals surface area contributed by atoms with Gasteiger partial charge in [-0.1, -0.05) is 12.8 Å². The van der Waals surface area contributed by atoms with E-state index in [0.717, 1.165) is 12.8 Å². The highest BCUT2D eigenvalue weighted by molar-refractivity contribution is 7.89. The Hall–Kier alpha value is -1.07. The lowest BCUT2D eigenvalue weighted by atomic mass is 10.1. The molecule has 100 valence electrons. The lowest BCUT2D eigenvalue weighted by Crippen LogP contribution is -2.29. The Bertz CT molecular complexity index is 520. The van der Waals surface area contributed by atoms with Gasteiger partial charge >= 0.3 is 0 Å². The van der Waals surface area contributed by atoms with E-state index in [4.69, 9.17) is 5.73 Å². The Morgan fingerprint density at radius 2 is 2.00 bits per heavy atom. The van der Waals surface area contributed by atoms with E-state index in [9.17, 15) is 8.42 Å². The van der Waals surface area contributed by atoms with Crippen LogP contribution in [0.1, 0.15) is 31.2 Å². The van der Waals surface area contributed by atoms with Crippen LogP contribution in [0.4, 0.5) is 5.69 Å². The van der Waals surface area contributed by atoms with Gasteiger partial charge in [0.05, 0.1) is 4.90 Å². The number of nitrogens with two attached hydrogens (primary N) is 1. The summed E-state index contributed by atoms with van der Waals surface area (Å²) in [6.07, 6.45) is 4.69. The van der Waals surface area contributed by atoms with E-state index < -0.39 is 10.0 Å². The molecule has 0 aromatic heterocycles. The molecule has 5 heteroatoms. The van der Waals surface area contributed by atoms with Crippen LogP contribution in [-0.4, -0.2) is 15.0 Å². The van der Waals surface area contributed by atoms with Crippen LogP contribution in [0, 0.1) is 12.8 Å². The highest BCUT2D eigenvalue weighted by atomic mass is 32.2. The molecule has 1 aromatic rings. The van der Waals surface area contributed by atoms with Crippen molar-refractivity contribution >= 4 is 15.7 Å². The number of nitrogen functional groups attached to an aromatic ring is 1. The molecule has 1 aromatic carbocycles. The van der Waals surface area contributed by atoms with Crippen molar-refractivity contribution in [2.24, 2.45) is 5.92 Å². The molecule has 0 aliphatic heterocycles. The van der Waals surface area contributed by atoms with Crippen molar-refractivity contribution in [1.82, 2.24) is 4.72 Å². The highest BCUT2D eigenvalue weighted by Gasteiger charge is 2.20. The van der Waals surface area contributed by atoms with E-state index in [0.29, 0.717) is 28.6 Å². The molecule has 1 fully saturated rings. The van der Waals surface area contributed by atoms with E-state index >= 15 is 0 Å². The lowest BCUT2D eigenvalue weighted by molar-refractivity contribution is 0.519. The predicted molar refractivity (Wildman–Crippen MR) is 72.7 cm³/mol. The third-order valence-corrected chi connectivity index (χ3v) is 5.11. The van der Waals surface area contributed by atoms with Gasteiger partial charge in [0.15, 0.2) is 0 Å². The Morgan fingerprint density at radius 3 is 2.61 bits per heavy atom. The molecule has 1 saturated carbocycles. The summed E-state index contributed by atoms with van der Waals surface area (Å²) in [5.41, 5.74) is 6.90. The van der Waals surface area contributed by atoms with E-state index in [1.54, 1.807) is 25.1 Å². The van der Waals surface area contributed by atoms with E-state index in [1.807, 2.05) is 0 Å². The first kappa shape index (κ1) is 13.4. The van der Waals surface area contributed by atoms with Crippen molar-refractivity contribution in [2.45, 2.75) is 37.5 Å². The Labute approximate surface area is 109 Å². The van der Waals surface area contributed by atoms with Crippen molar-refractivity contribution in [1.29, 1.82) is 0 Å². The first-order chi connectivity index (χ1) is 8.49. The van der Waals surface area contributed by atoms with Crippen LogP contribution in [-0.2, 0) is 10.0 Å². The van der Waals surface area contributed by atoms with E-state index in [2.05, 4.69) is 4.72 Å². The smallest absolute Gasteiger partial charge is 0.240 e. The Balaban J connectivity index is 2.09. The summed E-state index contributed by atoms with van der Waals surface area (Å²) < 4.78 is 27.0. The number of hydrogen-bond donors (Lipinski definition) is 2. The zero-order valence-corrected chi connectivity index (χ0v) is 11.5. The first-order valence-corrected chi connectivity index (χ1v) is 7.83. The third kappa shape index (κ3) is 3.03. The Kier molecular flexibility index (Phi) is 3.92. The first-order valence-electron chi connectivity index (χ1n) is 6.35. The van der Waals surface area contributed by atoms with Gasteiger partial charge in [-0.2, -0.15) is 0 Å². The van der Waals surface area contributed by atoms with Crippen LogP contribution >= 0.6 is 0 Å². The number of hydrogen-bond acceptors (Lipinski definition) is 3. The van der Waals surface area contributed by atoms with Crippen molar-refractivity contribution in [2.75, 3.05) is 12.3 Å². The second kappa shape index (κ2) is 5.28. The summed E-state index contributed by atoms with van der Waals surface area (Å²) in [6, 6.07) is 4.88. The number of anilines is 1. The largest absolute Gasteiger partial charge is 0.399 e. The minimum absolute atomic E-state index is 0.328. The average molecular weight is 268 g/mol. The second-order valence-electron chi connectivity index (χ2n) is 5.03. The predicted octanol–water partition coefficient (Wildman–Crippen LogP) is 2.05.